The van der Waals surface area contributed by atoms with Crippen LogP contribution in [0.5, 0.6) is 0 Å². The maximum Gasteiger partial charge on any atom is 0.184 e. The molecule has 0 bridgehead atoms. The van der Waals surface area contributed by atoms with Crippen molar-refractivity contribution in [1.82, 2.24) is 0 Å². The normalized spacial score (nSPS) is 30.6. The van der Waals surface area contributed by atoms with Gasteiger partial charge in [-0.15, -0.1) is 0 Å². The Labute approximate surface area is 183 Å². The number of unbranched alkanes of at least 4 members (excludes halogenated alkanes) is 9. The Morgan fingerprint density at radius 2 is 1.23 bits per heavy atom. The molecule has 0 aromatic carbocycles. The molecule has 1 fully saturated rings. The van der Waals surface area contributed by atoms with E-state index in [9.17, 15) is 25.5 Å². The Bertz CT molecular complexity index is 480. The Hall–Kier alpha value is -0.240. The van der Waals surface area contributed by atoms with Crippen molar-refractivity contribution in [1.29, 1.82) is 0 Å². The van der Waals surface area contributed by atoms with E-state index in [2.05, 4.69) is 6.92 Å². The van der Waals surface area contributed by atoms with Crippen LogP contribution in [0.25, 0.3) is 0 Å². The van der Waals surface area contributed by atoms with Crippen molar-refractivity contribution in [3.05, 3.63) is 0 Å². The minimum atomic E-state index is -2.01. The minimum Gasteiger partial charge on any atom is -0.394 e. The Morgan fingerprint density at radius 3 is 1.70 bits per heavy atom. The molecule has 1 unspecified atom stereocenters. The van der Waals surface area contributed by atoms with Gasteiger partial charge in [-0.3, -0.25) is 0 Å². The third kappa shape index (κ3) is 6.17. The van der Waals surface area contributed by atoms with Crippen LogP contribution in [0.4, 0.5) is 0 Å². The number of ether oxygens (including phenoxy) is 1. The number of rotatable bonds is 14. The van der Waals surface area contributed by atoms with E-state index in [0.29, 0.717) is 0 Å². The van der Waals surface area contributed by atoms with E-state index >= 15 is 0 Å². The van der Waals surface area contributed by atoms with Crippen LogP contribution in [0.2, 0.25) is 0 Å². The molecule has 5 N–H and O–H groups in total. The fraction of sp³-hybridized carbons (Fsp3) is 1.00. The van der Waals surface area contributed by atoms with Gasteiger partial charge in [0.1, 0.15) is 23.9 Å². The second-order valence-electron chi connectivity index (χ2n) is 10.4. The molecular formula is C24H48O6. The number of aliphatic hydroxyl groups is 5. The van der Waals surface area contributed by atoms with Crippen LogP contribution in [0, 0.1) is 10.8 Å². The van der Waals surface area contributed by atoms with E-state index in [1.807, 2.05) is 27.7 Å². The molecule has 5 atom stereocenters. The van der Waals surface area contributed by atoms with Crippen molar-refractivity contribution in [2.75, 3.05) is 6.61 Å². The first-order chi connectivity index (χ1) is 14.0. The zero-order valence-corrected chi connectivity index (χ0v) is 19.9. The molecule has 0 saturated carbocycles. The molecule has 0 aromatic heterocycles. The van der Waals surface area contributed by atoms with E-state index in [-0.39, 0.29) is 0 Å². The van der Waals surface area contributed by atoms with Crippen LogP contribution in [0.15, 0.2) is 0 Å². The summed E-state index contributed by atoms with van der Waals surface area (Å²) in [6.45, 7) is 9.34. The zero-order valence-electron chi connectivity index (χ0n) is 19.9. The van der Waals surface area contributed by atoms with Crippen molar-refractivity contribution < 1.29 is 30.3 Å². The SMILES string of the molecule is CCCCCCCCCCCCC(C)(C)C(C)(C)[C@]1(O)[C@H](O)[C@@H](CO)OC(O)[C@@H]1O. The largest absolute Gasteiger partial charge is 0.394 e. The van der Waals surface area contributed by atoms with Crippen LogP contribution in [-0.4, -0.2) is 62.3 Å². The van der Waals surface area contributed by atoms with Crippen LogP contribution >= 0.6 is 0 Å². The summed E-state index contributed by atoms with van der Waals surface area (Å²) in [6.07, 6.45) is 7.28. The third-order valence-corrected chi connectivity index (χ3v) is 7.87. The second kappa shape index (κ2) is 12.1. The molecule has 0 amide bonds. The van der Waals surface area contributed by atoms with Crippen molar-refractivity contribution in [2.24, 2.45) is 10.8 Å². The van der Waals surface area contributed by atoms with Gasteiger partial charge in [-0.05, 0) is 11.8 Å². The molecule has 0 spiro atoms. The minimum absolute atomic E-state index is 0.430. The lowest BCUT2D eigenvalue weighted by molar-refractivity contribution is -0.355. The number of hydrogen-bond donors (Lipinski definition) is 5. The fourth-order valence-electron chi connectivity index (χ4n) is 4.79. The average molecular weight is 433 g/mol. The van der Waals surface area contributed by atoms with Gasteiger partial charge in [-0.1, -0.05) is 98.8 Å². The summed E-state index contributed by atoms with van der Waals surface area (Å²) < 4.78 is 5.08. The summed E-state index contributed by atoms with van der Waals surface area (Å²) in [6, 6.07) is 0. The topological polar surface area (TPSA) is 110 Å². The molecule has 0 radical (unpaired) electrons. The Kier molecular flexibility index (Phi) is 11.2. The van der Waals surface area contributed by atoms with Gasteiger partial charge in [0.05, 0.1) is 6.61 Å². The highest BCUT2D eigenvalue weighted by Gasteiger charge is 2.65. The summed E-state index contributed by atoms with van der Waals surface area (Å²) >= 11 is 0. The van der Waals surface area contributed by atoms with E-state index < -0.39 is 47.6 Å². The van der Waals surface area contributed by atoms with Crippen LogP contribution in [-0.2, 0) is 4.74 Å². The summed E-state index contributed by atoms with van der Waals surface area (Å²) in [4.78, 5) is 0. The fourth-order valence-corrected chi connectivity index (χ4v) is 4.79. The molecule has 1 saturated heterocycles. The molecular weight excluding hydrogens is 384 g/mol. The number of aliphatic hydroxyl groups excluding tert-OH is 4. The molecule has 0 aliphatic carbocycles. The maximum absolute atomic E-state index is 11.5. The highest BCUT2D eigenvalue weighted by molar-refractivity contribution is 5.13. The molecule has 0 aromatic rings. The first-order valence-corrected chi connectivity index (χ1v) is 12.0. The van der Waals surface area contributed by atoms with Gasteiger partial charge in [0.15, 0.2) is 6.29 Å². The van der Waals surface area contributed by atoms with Crippen molar-refractivity contribution in [3.8, 4) is 0 Å². The van der Waals surface area contributed by atoms with Gasteiger partial charge >= 0.3 is 0 Å². The van der Waals surface area contributed by atoms with Crippen LogP contribution in [0.1, 0.15) is 105 Å². The molecule has 1 rings (SSSR count). The summed E-state index contributed by atoms with van der Waals surface area (Å²) in [5.41, 5.74) is -3.39. The molecule has 6 nitrogen and oxygen atoms in total. The van der Waals surface area contributed by atoms with E-state index in [4.69, 9.17) is 4.74 Å². The Morgan fingerprint density at radius 1 is 0.767 bits per heavy atom. The molecule has 6 heteroatoms. The predicted octanol–water partition coefficient (Wildman–Crippen LogP) is 3.51. The first kappa shape index (κ1) is 27.8. The van der Waals surface area contributed by atoms with E-state index in [0.717, 1.165) is 19.3 Å². The third-order valence-electron chi connectivity index (χ3n) is 7.87. The van der Waals surface area contributed by atoms with Gasteiger partial charge in [-0.25, -0.2) is 0 Å². The van der Waals surface area contributed by atoms with Gasteiger partial charge in [0, 0.05) is 5.41 Å². The lowest BCUT2D eigenvalue weighted by atomic mass is 9.53. The van der Waals surface area contributed by atoms with Crippen LogP contribution in [0.3, 0.4) is 0 Å². The smallest absolute Gasteiger partial charge is 0.184 e. The molecule has 1 heterocycles. The van der Waals surface area contributed by atoms with Gasteiger partial charge in [-0.2, -0.15) is 0 Å². The molecule has 1 aliphatic heterocycles. The molecule has 30 heavy (non-hydrogen) atoms. The highest BCUT2D eigenvalue weighted by Crippen LogP contribution is 2.54. The maximum atomic E-state index is 11.5. The number of hydrogen-bond acceptors (Lipinski definition) is 6. The first-order valence-electron chi connectivity index (χ1n) is 12.0. The van der Waals surface area contributed by atoms with Gasteiger partial charge < -0.3 is 30.3 Å². The zero-order chi connectivity index (χ0) is 23.0. The molecule has 180 valence electrons. The lowest BCUT2D eigenvalue weighted by Crippen LogP contribution is -2.74. The molecule has 1 aliphatic rings. The summed E-state index contributed by atoms with van der Waals surface area (Å²) in [7, 11) is 0. The quantitative estimate of drug-likeness (QED) is 0.269. The lowest BCUT2D eigenvalue weighted by Gasteiger charge is -2.59. The van der Waals surface area contributed by atoms with Crippen molar-refractivity contribution in [2.45, 2.75) is 135 Å². The van der Waals surface area contributed by atoms with Crippen molar-refractivity contribution >= 4 is 0 Å². The highest BCUT2D eigenvalue weighted by atomic mass is 16.6. The Balaban J connectivity index is 2.60. The van der Waals surface area contributed by atoms with Crippen molar-refractivity contribution in [3.63, 3.8) is 0 Å². The second-order valence-corrected chi connectivity index (χ2v) is 10.4. The van der Waals surface area contributed by atoms with Crippen LogP contribution < -0.4 is 0 Å². The average Bonchev–Trinajstić information content (AvgIpc) is 2.70. The summed E-state index contributed by atoms with van der Waals surface area (Å²) in [5, 5.41) is 52.3. The van der Waals surface area contributed by atoms with Gasteiger partial charge in [0.25, 0.3) is 0 Å². The summed E-state index contributed by atoms with van der Waals surface area (Å²) in [5.74, 6) is 0. The predicted molar refractivity (Wildman–Crippen MR) is 119 cm³/mol. The monoisotopic (exact) mass is 432 g/mol. The standard InChI is InChI=1S/C24H48O6/c1-6-7-8-9-10-11-12-13-14-15-16-22(2,3)23(4,5)24(29)19(26)18(17-25)30-21(28)20(24)27/h18-21,25-29H,6-17H2,1-5H3/t18-,19-,20+,21?,24+/m1/s1. The van der Waals surface area contributed by atoms with E-state index in [1.54, 1.807) is 0 Å². The van der Waals surface area contributed by atoms with Gasteiger partial charge in [0.2, 0.25) is 0 Å². The van der Waals surface area contributed by atoms with E-state index in [1.165, 1.54) is 51.4 Å².